The minimum Gasteiger partial charge on any atom is -0.348 e. The fourth-order valence-corrected chi connectivity index (χ4v) is 5.43. The maximum Gasteiger partial charge on any atom is 0.416 e. The Morgan fingerprint density at radius 2 is 1.71 bits per heavy atom. The predicted octanol–water partition coefficient (Wildman–Crippen LogP) is 4.82. The molecule has 4 rings (SSSR count). The SMILES string of the molecule is CCS(=O)(=O)c1ccc(CNC(=O)c2cnc(N3CC(c4ccc(C(F)(F)F)cc4)C[C@H]3COC(F)F)nc2)cc1. The molecule has 3 aromatic rings. The molecule has 2 atom stereocenters. The van der Waals surface area contributed by atoms with Crippen molar-refractivity contribution in [1.29, 1.82) is 0 Å². The molecule has 0 saturated carbocycles. The van der Waals surface area contributed by atoms with E-state index in [0.717, 1.165) is 12.1 Å². The monoisotopic (exact) mass is 598 g/mol. The van der Waals surface area contributed by atoms with Gasteiger partial charge in [-0.3, -0.25) is 4.79 Å². The van der Waals surface area contributed by atoms with Gasteiger partial charge in [0.15, 0.2) is 9.84 Å². The Labute approximate surface area is 233 Å². The van der Waals surface area contributed by atoms with Crippen molar-refractivity contribution < 1.29 is 39.9 Å². The Hall–Kier alpha value is -3.65. The molecule has 1 N–H and O–H groups in total. The number of rotatable bonds is 10. The van der Waals surface area contributed by atoms with Gasteiger partial charge < -0.3 is 15.0 Å². The van der Waals surface area contributed by atoms with Crippen molar-refractivity contribution in [2.24, 2.45) is 0 Å². The zero-order chi connectivity index (χ0) is 29.8. The first-order valence-corrected chi connectivity index (χ1v) is 14.3. The maximum atomic E-state index is 12.9. The molecule has 1 aromatic heterocycles. The number of anilines is 1. The van der Waals surface area contributed by atoms with E-state index in [0.29, 0.717) is 17.5 Å². The summed E-state index contributed by atoms with van der Waals surface area (Å²) in [7, 11) is -3.33. The first-order valence-electron chi connectivity index (χ1n) is 12.6. The number of nitrogens with zero attached hydrogens (tertiary/aromatic N) is 3. The van der Waals surface area contributed by atoms with Crippen LogP contribution in [0.5, 0.6) is 0 Å². The molecule has 0 bridgehead atoms. The van der Waals surface area contributed by atoms with Gasteiger partial charge in [0.05, 0.1) is 34.4 Å². The lowest BCUT2D eigenvalue weighted by Crippen LogP contribution is -2.35. The molecule has 1 aliphatic heterocycles. The van der Waals surface area contributed by atoms with Crippen LogP contribution in [0.2, 0.25) is 0 Å². The molecule has 1 aliphatic rings. The van der Waals surface area contributed by atoms with Crippen molar-refractivity contribution in [2.75, 3.05) is 23.8 Å². The third-order valence-electron chi connectivity index (χ3n) is 6.81. The summed E-state index contributed by atoms with van der Waals surface area (Å²) in [5.74, 6) is -0.629. The number of amides is 1. The number of halogens is 5. The van der Waals surface area contributed by atoms with E-state index in [2.05, 4.69) is 20.0 Å². The van der Waals surface area contributed by atoms with Crippen LogP contribution in [0.1, 0.15) is 46.3 Å². The van der Waals surface area contributed by atoms with Gasteiger partial charge in [0, 0.05) is 31.4 Å². The lowest BCUT2D eigenvalue weighted by Gasteiger charge is -2.24. The largest absolute Gasteiger partial charge is 0.416 e. The molecule has 1 saturated heterocycles. The van der Waals surface area contributed by atoms with E-state index in [4.69, 9.17) is 0 Å². The van der Waals surface area contributed by atoms with E-state index < -0.39 is 40.1 Å². The number of alkyl halides is 5. The highest BCUT2D eigenvalue weighted by molar-refractivity contribution is 7.91. The van der Waals surface area contributed by atoms with Crippen molar-refractivity contribution in [3.63, 3.8) is 0 Å². The number of sulfone groups is 1. The van der Waals surface area contributed by atoms with Crippen LogP contribution in [0.3, 0.4) is 0 Å². The summed E-state index contributed by atoms with van der Waals surface area (Å²) in [6, 6.07) is 10.3. The third-order valence-corrected chi connectivity index (χ3v) is 8.56. The molecule has 8 nitrogen and oxygen atoms in total. The average molecular weight is 599 g/mol. The standard InChI is InChI=1S/C27H27F5N4O4S/c1-2-41(38,39)23-9-3-17(4-10-23)12-33-24(37)20-13-34-26(35-14-20)36-15-19(11-22(36)16-40-25(28)29)18-5-7-21(8-6-18)27(30,31)32/h3-10,13-14,19,22,25H,2,11-12,15-16H2,1H3,(H,33,37)/t19?,22-/m0/s1. The van der Waals surface area contributed by atoms with Crippen LogP contribution < -0.4 is 10.2 Å². The Morgan fingerprint density at radius 3 is 2.27 bits per heavy atom. The van der Waals surface area contributed by atoms with Gasteiger partial charge >= 0.3 is 12.8 Å². The minimum absolute atomic E-state index is 0.0216. The third kappa shape index (κ3) is 7.55. The second-order valence-corrected chi connectivity index (χ2v) is 11.7. The van der Waals surface area contributed by atoms with E-state index in [1.54, 1.807) is 24.0 Å². The fourth-order valence-electron chi connectivity index (χ4n) is 4.54. The van der Waals surface area contributed by atoms with Crippen LogP contribution in [-0.2, 0) is 27.3 Å². The van der Waals surface area contributed by atoms with Gasteiger partial charge in [-0.05, 0) is 41.8 Å². The fraction of sp³-hybridized carbons (Fsp3) is 0.370. The first-order chi connectivity index (χ1) is 19.4. The highest BCUT2D eigenvalue weighted by atomic mass is 32.2. The van der Waals surface area contributed by atoms with Gasteiger partial charge in [-0.25, -0.2) is 18.4 Å². The van der Waals surface area contributed by atoms with Crippen molar-refractivity contribution in [3.05, 3.63) is 83.2 Å². The summed E-state index contributed by atoms with van der Waals surface area (Å²) in [6.45, 7) is -1.42. The van der Waals surface area contributed by atoms with Crippen LogP contribution in [0, 0.1) is 0 Å². The van der Waals surface area contributed by atoms with E-state index in [-0.39, 0.29) is 47.8 Å². The zero-order valence-electron chi connectivity index (χ0n) is 21.8. The molecule has 41 heavy (non-hydrogen) atoms. The summed E-state index contributed by atoms with van der Waals surface area (Å²) >= 11 is 0. The maximum absolute atomic E-state index is 12.9. The number of benzene rings is 2. The number of carbonyl (C=O) groups is 1. The van der Waals surface area contributed by atoms with Crippen molar-refractivity contribution in [1.82, 2.24) is 15.3 Å². The van der Waals surface area contributed by atoms with E-state index in [9.17, 15) is 35.2 Å². The quantitative estimate of drug-likeness (QED) is 0.334. The van der Waals surface area contributed by atoms with E-state index in [1.807, 2.05) is 0 Å². The number of carbonyl (C=O) groups excluding carboxylic acids is 1. The van der Waals surface area contributed by atoms with Gasteiger partial charge in [0.1, 0.15) is 0 Å². The van der Waals surface area contributed by atoms with Crippen LogP contribution in [0.15, 0.2) is 65.8 Å². The summed E-state index contributed by atoms with van der Waals surface area (Å²) in [5.41, 5.74) is 0.642. The Balaban J connectivity index is 1.42. The van der Waals surface area contributed by atoms with Crippen LogP contribution in [0.25, 0.3) is 0 Å². The summed E-state index contributed by atoms with van der Waals surface area (Å²) in [6.07, 6.45) is -1.59. The molecule has 2 heterocycles. The molecular weight excluding hydrogens is 571 g/mol. The van der Waals surface area contributed by atoms with Gasteiger partial charge in [0.25, 0.3) is 5.91 Å². The number of aromatic nitrogens is 2. The van der Waals surface area contributed by atoms with Crippen LogP contribution in [-0.4, -0.2) is 55.9 Å². The topological polar surface area (TPSA) is 101 Å². The first kappa shape index (κ1) is 30.3. The average Bonchev–Trinajstić information content (AvgIpc) is 3.39. The highest BCUT2D eigenvalue weighted by Gasteiger charge is 2.36. The van der Waals surface area contributed by atoms with Gasteiger partial charge in [-0.15, -0.1) is 0 Å². The molecule has 0 aliphatic carbocycles. The second kappa shape index (κ2) is 12.5. The van der Waals surface area contributed by atoms with Crippen molar-refractivity contribution in [3.8, 4) is 0 Å². The minimum atomic E-state index is -4.47. The smallest absolute Gasteiger partial charge is 0.348 e. The lowest BCUT2D eigenvalue weighted by molar-refractivity contribution is -0.137. The molecule has 220 valence electrons. The zero-order valence-corrected chi connectivity index (χ0v) is 22.6. The summed E-state index contributed by atoms with van der Waals surface area (Å²) in [4.78, 5) is 22.9. The molecule has 14 heteroatoms. The van der Waals surface area contributed by atoms with Crippen LogP contribution >= 0.6 is 0 Å². The normalized spacial score (nSPS) is 17.7. The summed E-state index contributed by atoms with van der Waals surface area (Å²) < 4.78 is 92.8. The number of hydrogen-bond donors (Lipinski definition) is 1. The molecule has 0 spiro atoms. The van der Waals surface area contributed by atoms with Gasteiger partial charge in [-0.1, -0.05) is 31.2 Å². The van der Waals surface area contributed by atoms with Crippen LogP contribution in [0.4, 0.5) is 27.9 Å². The molecule has 2 aromatic carbocycles. The molecule has 1 fully saturated rings. The van der Waals surface area contributed by atoms with E-state index in [1.165, 1.54) is 36.7 Å². The molecular formula is C27H27F5N4O4S. The number of ether oxygens (including phenoxy) is 1. The molecule has 1 amide bonds. The lowest BCUT2D eigenvalue weighted by atomic mass is 9.95. The number of hydrogen-bond acceptors (Lipinski definition) is 7. The van der Waals surface area contributed by atoms with E-state index >= 15 is 0 Å². The number of nitrogens with one attached hydrogen (secondary N) is 1. The second-order valence-electron chi connectivity index (χ2n) is 9.45. The Morgan fingerprint density at radius 1 is 1.07 bits per heavy atom. The predicted molar refractivity (Wildman–Crippen MR) is 139 cm³/mol. The molecule has 1 unspecified atom stereocenters. The van der Waals surface area contributed by atoms with Gasteiger partial charge in [-0.2, -0.15) is 22.0 Å². The Bertz CT molecular complexity index is 1430. The van der Waals surface area contributed by atoms with Crippen molar-refractivity contribution >= 4 is 21.7 Å². The highest BCUT2D eigenvalue weighted by Crippen LogP contribution is 2.36. The van der Waals surface area contributed by atoms with Crippen molar-refractivity contribution in [2.45, 2.75) is 49.5 Å². The Kier molecular flexibility index (Phi) is 9.22. The molecule has 0 radical (unpaired) electrons. The van der Waals surface area contributed by atoms with Gasteiger partial charge in [0.2, 0.25) is 5.95 Å². The summed E-state index contributed by atoms with van der Waals surface area (Å²) in [5, 5.41) is 2.70.